The summed E-state index contributed by atoms with van der Waals surface area (Å²) < 4.78 is 16.9. The number of rotatable bonds is 8. The smallest absolute Gasteiger partial charge is 0.337 e. The number of aromatic carboxylic acids is 1. The number of nitrogens with two attached hydrogens (primary N) is 1. The number of pyridine rings is 2. The minimum atomic E-state index is -1.03. The summed E-state index contributed by atoms with van der Waals surface area (Å²) >= 11 is 5.76. The molecule has 0 atom stereocenters. The molecule has 0 spiro atoms. The number of nitrogens with one attached hydrogen (secondary N) is 1. The molecule has 8 aromatic heterocycles. The molecule has 0 aromatic carbocycles. The van der Waals surface area contributed by atoms with E-state index in [2.05, 4.69) is 56.4 Å². The minimum absolute atomic E-state index is 0. The average Bonchev–Trinajstić information content (AvgIpc) is 4.18. The van der Waals surface area contributed by atoms with Gasteiger partial charge in [0.2, 0.25) is 0 Å². The molecule has 0 unspecified atom stereocenters. The molecular formula is C48H62ClIN17O5-. The number of allylic oxidation sites excluding steroid dienone is 1. The van der Waals surface area contributed by atoms with Gasteiger partial charge in [-0.15, -0.1) is 10.2 Å². The van der Waals surface area contributed by atoms with Gasteiger partial charge in [-0.3, -0.25) is 24.1 Å². The van der Waals surface area contributed by atoms with Crippen molar-refractivity contribution in [2.45, 2.75) is 93.9 Å². The predicted octanol–water partition coefficient (Wildman–Crippen LogP) is 5.19. The number of amides is 1. The fraction of sp³-hybridized carbons (Fsp3) is 0.375. The number of nitrogens with zero attached hydrogens (tertiary/aromatic N) is 15. The van der Waals surface area contributed by atoms with Crippen LogP contribution in [0.4, 0.5) is 11.6 Å². The third-order valence-corrected chi connectivity index (χ3v) is 11.4. The molecule has 0 fully saturated rings. The highest BCUT2D eigenvalue weighted by atomic mass is 127. The standard InChI is InChI=1S/C21H24N8O2.C14H14N6O2.C7H12N2O.C6H12ClN.HI/c1-12-17(29-11-16(25-27-29)15-10-23-28(6)13(15)2)7-14(9-22-12)20(30)24-19-8-18(31-26-19)21(3,4)5;1-8-13(4-10(5-15-8)14(21)22)20-7-12(17-18-20)11-6-16-19(3)9(11)2;1-7(2,3)5-4-6(8)9-10-5;1-5(2)6(7)8(3)4;/h7-11H,1-6H3,(H,24,26,30);4-7H,1-3H3,(H,21,22);4H,1-3H3,(H2,8,9);1-4H3;1H/p-1. The molecule has 4 N–H and O–H groups in total. The summed E-state index contributed by atoms with van der Waals surface area (Å²) in [7, 11) is 7.58. The van der Waals surface area contributed by atoms with Gasteiger partial charge in [0.05, 0.1) is 58.7 Å². The van der Waals surface area contributed by atoms with Crippen LogP contribution in [0.15, 0.2) is 81.2 Å². The zero-order valence-corrected chi connectivity index (χ0v) is 46.3. The van der Waals surface area contributed by atoms with Crippen LogP contribution in [0.3, 0.4) is 0 Å². The molecule has 0 aliphatic rings. The highest BCUT2D eigenvalue weighted by Gasteiger charge is 2.22. The quantitative estimate of drug-likeness (QED) is 0.130. The minimum Gasteiger partial charge on any atom is -1.00 e. The molecule has 384 valence electrons. The third-order valence-electron chi connectivity index (χ3n) is 10.7. The Morgan fingerprint density at radius 3 is 1.50 bits per heavy atom. The number of carboxylic acid groups (broad SMARTS) is 1. The topological polar surface area (TPSA) is 271 Å². The van der Waals surface area contributed by atoms with Crippen molar-refractivity contribution in [2.24, 2.45) is 14.1 Å². The SMILES string of the molecule is CC(C)(C)c1cc(N)no1.CC(C)=C(Cl)N(C)C.Cc1ncc(C(=O)Nc2cc(C(C)(C)C)on2)cc1-n1cc(-c2cnn(C)c2C)nn1.Cc1ncc(C(=O)O)cc1-n1cc(-c2cnn(C)c2C)nn1.[I-]. The van der Waals surface area contributed by atoms with Gasteiger partial charge in [-0.1, -0.05) is 73.9 Å². The highest BCUT2D eigenvalue weighted by Crippen LogP contribution is 2.27. The van der Waals surface area contributed by atoms with Crippen molar-refractivity contribution in [1.29, 1.82) is 0 Å². The summed E-state index contributed by atoms with van der Waals surface area (Å²) in [6.07, 6.45) is 9.85. The summed E-state index contributed by atoms with van der Waals surface area (Å²) in [5.74, 6) is 0.941. The molecule has 0 saturated heterocycles. The Kier molecular flexibility index (Phi) is 18.9. The summed E-state index contributed by atoms with van der Waals surface area (Å²) in [4.78, 5) is 34.2. The Hall–Kier alpha value is -7.28. The van der Waals surface area contributed by atoms with Crippen molar-refractivity contribution >= 4 is 35.1 Å². The van der Waals surface area contributed by atoms with E-state index in [4.69, 9.17) is 31.5 Å². The molecule has 8 aromatic rings. The van der Waals surface area contributed by atoms with Crippen LogP contribution < -0.4 is 35.0 Å². The second-order valence-corrected chi connectivity index (χ2v) is 19.3. The van der Waals surface area contributed by atoms with E-state index in [1.165, 1.54) is 23.1 Å². The van der Waals surface area contributed by atoms with Crippen LogP contribution in [-0.4, -0.2) is 106 Å². The lowest BCUT2D eigenvalue weighted by Gasteiger charge is -2.12. The van der Waals surface area contributed by atoms with E-state index in [-0.39, 0.29) is 46.3 Å². The Labute approximate surface area is 440 Å². The number of aryl methyl sites for hydroxylation is 4. The van der Waals surface area contributed by atoms with Gasteiger partial charge < -0.3 is 54.1 Å². The van der Waals surface area contributed by atoms with Crippen LogP contribution in [-0.2, 0) is 24.9 Å². The van der Waals surface area contributed by atoms with Crippen LogP contribution in [0.2, 0.25) is 0 Å². The number of carbonyl (C=O) groups excluding carboxylic acids is 1. The Morgan fingerprint density at radius 1 is 0.708 bits per heavy atom. The first-order valence-electron chi connectivity index (χ1n) is 22.2. The van der Waals surface area contributed by atoms with E-state index in [0.29, 0.717) is 57.1 Å². The van der Waals surface area contributed by atoms with Crippen molar-refractivity contribution in [2.75, 3.05) is 25.1 Å². The van der Waals surface area contributed by atoms with Crippen molar-refractivity contribution in [3.05, 3.63) is 118 Å². The summed E-state index contributed by atoms with van der Waals surface area (Å²) in [5, 5.41) is 45.3. The summed E-state index contributed by atoms with van der Waals surface area (Å²) in [5.41, 5.74) is 14.5. The van der Waals surface area contributed by atoms with Gasteiger partial charge in [0.25, 0.3) is 5.91 Å². The fourth-order valence-corrected chi connectivity index (χ4v) is 6.22. The van der Waals surface area contributed by atoms with Gasteiger partial charge in [0, 0.05) is 86.1 Å². The second-order valence-electron chi connectivity index (χ2n) is 18.9. The van der Waals surface area contributed by atoms with E-state index >= 15 is 0 Å². The number of carboxylic acids is 1. The first-order valence-corrected chi connectivity index (χ1v) is 22.6. The summed E-state index contributed by atoms with van der Waals surface area (Å²) in [6.45, 7) is 23.7. The number of carbonyl (C=O) groups is 2. The maximum atomic E-state index is 12.8. The average molecular weight is 1120 g/mol. The molecular weight excluding hydrogens is 1060 g/mol. The molecule has 0 radical (unpaired) electrons. The van der Waals surface area contributed by atoms with Gasteiger partial charge in [0.15, 0.2) is 11.6 Å². The zero-order chi connectivity index (χ0) is 52.7. The first kappa shape index (κ1) is 57.3. The highest BCUT2D eigenvalue weighted by molar-refractivity contribution is 6.29. The van der Waals surface area contributed by atoms with Gasteiger partial charge in [-0.25, -0.2) is 14.2 Å². The number of aromatic nitrogens is 14. The second kappa shape index (κ2) is 23.8. The molecule has 0 aliphatic carbocycles. The molecule has 8 rings (SSSR count). The fourth-order valence-electron chi connectivity index (χ4n) is 6.22. The lowest BCUT2D eigenvalue weighted by molar-refractivity contribution is -0.0000393. The largest absolute Gasteiger partial charge is 1.00 e. The van der Waals surface area contributed by atoms with Crippen molar-refractivity contribution < 1.29 is 47.7 Å². The maximum absolute atomic E-state index is 12.8. The van der Waals surface area contributed by atoms with Crippen LogP contribution in [0.25, 0.3) is 33.9 Å². The molecule has 0 saturated carbocycles. The number of hydrogen-bond acceptors (Lipinski definition) is 16. The zero-order valence-electron chi connectivity index (χ0n) is 43.4. The summed E-state index contributed by atoms with van der Waals surface area (Å²) in [6, 6.07) is 6.72. The van der Waals surface area contributed by atoms with Crippen LogP contribution in [0.1, 0.15) is 110 Å². The molecule has 1 amide bonds. The molecule has 72 heavy (non-hydrogen) atoms. The van der Waals surface area contributed by atoms with Crippen molar-refractivity contribution in [3.63, 3.8) is 0 Å². The molecule has 8 heterocycles. The van der Waals surface area contributed by atoms with E-state index in [9.17, 15) is 9.59 Å². The van der Waals surface area contributed by atoms with Crippen molar-refractivity contribution in [1.82, 2.24) is 74.7 Å². The third kappa shape index (κ3) is 14.4. The maximum Gasteiger partial charge on any atom is 0.337 e. The van der Waals surface area contributed by atoms with Gasteiger partial charge in [-0.05, 0) is 59.2 Å². The van der Waals surface area contributed by atoms with E-state index in [1.807, 2.05) is 109 Å². The molecule has 0 bridgehead atoms. The van der Waals surface area contributed by atoms with E-state index in [1.54, 1.807) is 64.0 Å². The molecule has 22 nitrogen and oxygen atoms in total. The van der Waals surface area contributed by atoms with Crippen LogP contribution in [0, 0.1) is 27.7 Å². The molecule has 0 aliphatic heterocycles. The number of anilines is 2. The van der Waals surface area contributed by atoms with E-state index in [0.717, 1.165) is 39.0 Å². The Balaban J connectivity index is 0.000000237. The van der Waals surface area contributed by atoms with Crippen LogP contribution in [0.5, 0.6) is 0 Å². The lowest BCUT2D eigenvalue weighted by Crippen LogP contribution is -3.00. The molecule has 24 heteroatoms. The first-order chi connectivity index (χ1) is 33.2. The predicted molar refractivity (Wildman–Crippen MR) is 269 cm³/mol. The normalized spacial score (nSPS) is 11.0. The monoisotopic (exact) mass is 1120 g/mol. The Bertz CT molecular complexity index is 3160. The number of hydrogen-bond donors (Lipinski definition) is 3. The number of halogens is 2. The van der Waals surface area contributed by atoms with Crippen molar-refractivity contribution in [3.8, 4) is 33.9 Å². The van der Waals surface area contributed by atoms with E-state index < -0.39 is 5.97 Å². The van der Waals surface area contributed by atoms with Crippen LogP contribution >= 0.6 is 11.6 Å². The Morgan fingerprint density at radius 2 is 1.15 bits per heavy atom. The lowest BCUT2D eigenvalue weighted by atomic mass is 9.93. The number of nitrogen functional groups attached to an aromatic ring is 1. The van der Waals surface area contributed by atoms with Gasteiger partial charge in [-0.2, -0.15) is 10.2 Å². The van der Waals surface area contributed by atoms with Gasteiger partial charge >= 0.3 is 5.97 Å². The van der Waals surface area contributed by atoms with Gasteiger partial charge in [0.1, 0.15) is 28.1 Å².